The largest absolute Gasteiger partial charge is 0.391 e. The van der Waals surface area contributed by atoms with Gasteiger partial charge in [0.05, 0.1) is 6.10 Å². The van der Waals surface area contributed by atoms with E-state index in [2.05, 4.69) is 4.98 Å². The number of carbonyl (C=O) groups is 1. The molecule has 0 aromatic carbocycles. The lowest BCUT2D eigenvalue weighted by Gasteiger charge is -2.14. The Hall–Kier alpha value is -1.42. The molecule has 15 heavy (non-hydrogen) atoms. The maximum absolute atomic E-state index is 11.9. The number of hydrogen-bond donors (Lipinski definition) is 1. The van der Waals surface area contributed by atoms with Crippen molar-refractivity contribution in [3.63, 3.8) is 0 Å². The number of pyridine rings is 1. The van der Waals surface area contributed by atoms with Gasteiger partial charge in [-0.25, -0.2) is 4.98 Å². The van der Waals surface area contributed by atoms with Gasteiger partial charge in [0.2, 0.25) is 0 Å². The number of likely N-dealkylation sites (tertiary alicyclic amines) is 1. The molecule has 1 amide bonds. The quantitative estimate of drug-likeness (QED) is 0.732. The van der Waals surface area contributed by atoms with Crippen molar-refractivity contribution in [3.8, 4) is 0 Å². The summed E-state index contributed by atoms with van der Waals surface area (Å²) < 4.78 is 0. The third-order valence-electron chi connectivity index (χ3n) is 2.56. The zero-order valence-electron chi connectivity index (χ0n) is 8.68. The van der Waals surface area contributed by atoms with Gasteiger partial charge >= 0.3 is 0 Å². The van der Waals surface area contributed by atoms with Crippen molar-refractivity contribution in [3.05, 3.63) is 29.6 Å². The van der Waals surface area contributed by atoms with Gasteiger partial charge in [-0.15, -0.1) is 0 Å². The molecule has 0 bridgehead atoms. The monoisotopic (exact) mass is 206 g/mol. The van der Waals surface area contributed by atoms with Gasteiger partial charge in [-0.3, -0.25) is 4.79 Å². The van der Waals surface area contributed by atoms with Crippen LogP contribution in [-0.4, -0.2) is 40.1 Å². The Bertz CT molecular complexity index is 379. The number of amides is 1. The lowest BCUT2D eigenvalue weighted by molar-refractivity contribution is 0.0759. The molecule has 0 aliphatic carbocycles. The van der Waals surface area contributed by atoms with Gasteiger partial charge in [-0.2, -0.15) is 0 Å². The molecule has 80 valence electrons. The molecule has 1 fully saturated rings. The number of aliphatic hydroxyl groups excluding tert-OH is 1. The summed E-state index contributed by atoms with van der Waals surface area (Å²) in [6.07, 6.45) is 0.288. The van der Waals surface area contributed by atoms with Crippen LogP contribution >= 0.6 is 0 Å². The maximum Gasteiger partial charge on any atom is 0.272 e. The fourth-order valence-electron chi connectivity index (χ4n) is 1.75. The lowest BCUT2D eigenvalue weighted by atomic mass is 10.3. The van der Waals surface area contributed by atoms with E-state index in [1.165, 1.54) is 0 Å². The summed E-state index contributed by atoms with van der Waals surface area (Å²) in [6.45, 7) is 2.90. The molecule has 1 saturated heterocycles. The summed E-state index contributed by atoms with van der Waals surface area (Å²) in [7, 11) is 0. The van der Waals surface area contributed by atoms with E-state index in [9.17, 15) is 9.90 Å². The van der Waals surface area contributed by atoms with Crippen molar-refractivity contribution in [2.24, 2.45) is 0 Å². The van der Waals surface area contributed by atoms with E-state index in [0.717, 1.165) is 5.69 Å². The van der Waals surface area contributed by atoms with Crippen molar-refractivity contribution >= 4 is 5.91 Å². The summed E-state index contributed by atoms with van der Waals surface area (Å²) >= 11 is 0. The van der Waals surface area contributed by atoms with Crippen molar-refractivity contribution < 1.29 is 9.90 Å². The van der Waals surface area contributed by atoms with Crippen LogP contribution in [0.4, 0.5) is 0 Å². The molecule has 0 spiro atoms. The van der Waals surface area contributed by atoms with Crippen molar-refractivity contribution in [1.29, 1.82) is 0 Å². The molecule has 1 aliphatic rings. The van der Waals surface area contributed by atoms with Crippen LogP contribution in [0.1, 0.15) is 22.6 Å². The van der Waals surface area contributed by atoms with E-state index in [0.29, 0.717) is 25.2 Å². The number of aliphatic hydroxyl groups is 1. The first-order chi connectivity index (χ1) is 7.16. The molecular formula is C11H14N2O2. The van der Waals surface area contributed by atoms with E-state index in [4.69, 9.17) is 0 Å². The Morgan fingerprint density at radius 2 is 2.40 bits per heavy atom. The predicted molar refractivity (Wildman–Crippen MR) is 55.5 cm³/mol. The summed E-state index contributed by atoms with van der Waals surface area (Å²) in [5.74, 6) is -0.0877. The average molecular weight is 206 g/mol. The average Bonchev–Trinajstić information content (AvgIpc) is 2.64. The minimum atomic E-state index is -0.376. The van der Waals surface area contributed by atoms with Gasteiger partial charge in [-0.1, -0.05) is 6.07 Å². The van der Waals surface area contributed by atoms with E-state index in [1.54, 1.807) is 11.0 Å². The minimum absolute atomic E-state index is 0.0877. The minimum Gasteiger partial charge on any atom is -0.391 e. The Labute approximate surface area is 88.6 Å². The highest BCUT2D eigenvalue weighted by Crippen LogP contribution is 2.12. The predicted octanol–water partition coefficient (Wildman–Crippen LogP) is 0.597. The second-order valence-electron chi connectivity index (χ2n) is 3.86. The first-order valence-electron chi connectivity index (χ1n) is 5.08. The molecule has 4 nitrogen and oxygen atoms in total. The van der Waals surface area contributed by atoms with Crippen molar-refractivity contribution in [2.75, 3.05) is 13.1 Å². The zero-order chi connectivity index (χ0) is 10.8. The van der Waals surface area contributed by atoms with E-state index in [-0.39, 0.29) is 12.0 Å². The van der Waals surface area contributed by atoms with Gasteiger partial charge in [0.25, 0.3) is 5.91 Å². The normalized spacial score (nSPS) is 20.7. The topological polar surface area (TPSA) is 53.4 Å². The molecular weight excluding hydrogens is 192 g/mol. The SMILES string of the molecule is Cc1cccc(C(=O)N2CC[C@H](O)C2)n1. The number of hydrogen-bond acceptors (Lipinski definition) is 3. The number of rotatable bonds is 1. The number of aromatic nitrogens is 1. The van der Waals surface area contributed by atoms with Crippen LogP contribution in [0.25, 0.3) is 0 Å². The molecule has 2 rings (SSSR count). The summed E-state index contributed by atoms with van der Waals surface area (Å²) in [5.41, 5.74) is 1.30. The molecule has 0 radical (unpaired) electrons. The fourth-order valence-corrected chi connectivity index (χ4v) is 1.75. The molecule has 2 heterocycles. The van der Waals surface area contributed by atoms with Gasteiger partial charge in [0.15, 0.2) is 0 Å². The van der Waals surface area contributed by atoms with Crippen LogP contribution in [0.5, 0.6) is 0 Å². The molecule has 1 aromatic rings. The van der Waals surface area contributed by atoms with Crippen LogP contribution in [0.2, 0.25) is 0 Å². The third-order valence-corrected chi connectivity index (χ3v) is 2.56. The molecule has 1 N–H and O–H groups in total. The van der Waals surface area contributed by atoms with Gasteiger partial charge in [-0.05, 0) is 25.5 Å². The number of carbonyl (C=O) groups excluding carboxylic acids is 1. The van der Waals surface area contributed by atoms with Crippen LogP contribution in [-0.2, 0) is 0 Å². The van der Waals surface area contributed by atoms with Gasteiger partial charge < -0.3 is 10.0 Å². The zero-order valence-corrected chi connectivity index (χ0v) is 8.68. The molecule has 0 unspecified atom stereocenters. The van der Waals surface area contributed by atoms with Crippen LogP contribution in [0, 0.1) is 6.92 Å². The molecule has 4 heteroatoms. The fraction of sp³-hybridized carbons (Fsp3) is 0.455. The molecule has 0 saturated carbocycles. The smallest absolute Gasteiger partial charge is 0.272 e. The Kier molecular flexibility index (Phi) is 2.68. The Morgan fingerprint density at radius 1 is 1.60 bits per heavy atom. The third kappa shape index (κ3) is 2.15. The second kappa shape index (κ2) is 3.98. The molecule has 1 aromatic heterocycles. The number of aryl methyl sites for hydroxylation is 1. The van der Waals surface area contributed by atoms with Crippen LogP contribution in [0.15, 0.2) is 18.2 Å². The van der Waals surface area contributed by atoms with E-state index < -0.39 is 0 Å². The highest BCUT2D eigenvalue weighted by molar-refractivity contribution is 5.92. The molecule has 1 atom stereocenters. The summed E-state index contributed by atoms with van der Waals surface area (Å²) in [4.78, 5) is 17.7. The van der Waals surface area contributed by atoms with E-state index >= 15 is 0 Å². The maximum atomic E-state index is 11.9. The second-order valence-corrected chi connectivity index (χ2v) is 3.86. The van der Waals surface area contributed by atoms with Gasteiger partial charge in [0, 0.05) is 18.8 Å². The summed E-state index contributed by atoms with van der Waals surface area (Å²) in [5, 5.41) is 9.34. The van der Waals surface area contributed by atoms with Crippen molar-refractivity contribution in [2.45, 2.75) is 19.4 Å². The first-order valence-corrected chi connectivity index (χ1v) is 5.08. The number of nitrogens with zero attached hydrogens (tertiary/aromatic N) is 2. The summed E-state index contributed by atoms with van der Waals surface area (Å²) in [6, 6.07) is 5.39. The number of β-amino-alcohol motifs (C(OH)–C–C–N with tert-alkyl or cyclic N) is 1. The van der Waals surface area contributed by atoms with Gasteiger partial charge in [0.1, 0.15) is 5.69 Å². The van der Waals surface area contributed by atoms with E-state index in [1.807, 2.05) is 19.1 Å². The lowest BCUT2D eigenvalue weighted by Crippen LogP contribution is -2.30. The first kappa shape index (κ1) is 10.1. The highest BCUT2D eigenvalue weighted by atomic mass is 16.3. The van der Waals surface area contributed by atoms with Crippen LogP contribution in [0.3, 0.4) is 0 Å². The van der Waals surface area contributed by atoms with Crippen molar-refractivity contribution in [1.82, 2.24) is 9.88 Å². The standard InChI is InChI=1S/C11H14N2O2/c1-8-3-2-4-10(12-8)11(15)13-6-5-9(14)7-13/h2-4,9,14H,5-7H2,1H3/t9-/m0/s1. The molecule has 1 aliphatic heterocycles. The Balaban J connectivity index is 2.14. The highest BCUT2D eigenvalue weighted by Gasteiger charge is 2.25. The van der Waals surface area contributed by atoms with Crippen LogP contribution < -0.4 is 0 Å². The Morgan fingerprint density at radius 3 is 3.00 bits per heavy atom.